The number of halogens is 1. The molecule has 1 saturated heterocycles. The molecule has 3 atom stereocenters. The van der Waals surface area contributed by atoms with Crippen molar-refractivity contribution in [3.63, 3.8) is 0 Å². The van der Waals surface area contributed by atoms with E-state index >= 15 is 0 Å². The van der Waals surface area contributed by atoms with Gasteiger partial charge in [-0.15, -0.1) is 0 Å². The van der Waals surface area contributed by atoms with Gasteiger partial charge in [-0.05, 0) is 67.8 Å². The predicted molar refractivity (Wildman–Crippen MR) is 129 cm³/mol. The second-order valence-corrected chi connectivity index (χ2v) is 11.0. The van der Waals surface area contributed by atoms with Gasteiger partial charge in [-0.25, -0.2) is 9.78 Å². The van der Waals surface area contributed by atoms with Gasteiger partial charge in [0.15, 0.2) is 0 Å². The van der Waals surface area contributed by atoms with Crippen LogP contribution < -0.4 is 5.32 Å². The van der Waals surface area contributed by atoms with Gasteiger partial charge in [0.25, 0.3) is 0 Å². The van der Waals surface area contributed by atoms with E-state index < -0.39 is 17.7 Å². The zero-order valence-corrected chi connectivity index (χ0v) is 21.0. The molecule has 2 aromatic rings. The molecule has 2 aliphatic heterocycles. The Bertz CT molecular complexity index is 1160. The van der Waals surface area contributed by atoms with Crippen LogP contribution >= 0.6 is 15.9 Å². The van der Waals surface area contributed by atoms with Crippen molar-refractivity contribution in [2.24, 2.45) is 5.41 Å². The van der Waals surface area contributed by atoms with Crippen molar-refractivity contribution in [2.45, 2.75) is 64.4 Å². The smallest absolute Gasteiger partial charge is 0.411 e. The molecule has 34 heavy (non-hydrogen) atoms. The van der Waals surface area contributed by atoms with Crippen LogP contribution in [0.3, 0.4) is 0 Å². The standard InChI is InChI=1S/C24H28BrN5O4/c1-23(2,3)34-22(32)30-17-11-24(12-18(24)30)14-29-9-8-16(28-29)5-4-10-33-13-15-6-7-19(25)26-20(15)27-21(17)31/h4-9,17-18H,10-14H2,1-3H3,(H,26,27,31)/b5-4-/t17-,18+,24-/m0/s1. The van der Waals surface area contributed by atoms with Crippen molar-refractivity contribution in [3.8, 4) is 0 Å². The number of nitrogens with zero attached hydrogens (tertiary/aromatic N) is 4. The van der Waals surface area contributed by atoms with Crippen molar-refractivity contribution in [3.05, 3.63) is 46.3 Å². The van der Waals surface area contributed by atoms with Crippen molar-refractivity contribution in [1.29, 1.82) is 0 Å². The van der Waals surface area contributed by atoms with Crippen LogP contribution in [-0.4, -0.2) is 56.0 Å². The van der Waals surface area contributed by atoms with Crippen LogP contribution in [0.2, 0.25) is 0 Å². The highest BCUT2D eigenvalue weighted by Gasteiger charge is 2.68. The largest absolute Gasteiger partial charge is 0.444 e. The normalized spacial score (nSPS) is 27.4. The molecule has 1 saturated carbocycles. The fraction of sp³-hybridized carbons (Fsp3) is 0.500. The molecule has 10 heteroatoms. The quantitative estimate of drug-likeness (QED) is 0.518. The summed E-state index contributed by atoms with van der Waals surface area (Å²) < 4.78 is 14.0. The van der Waals surface area contributed by atoms with Gasteiger partial charge in [-0.3, -0.25) is 14.4 Å². The molecule has 180 valence electrons. The zero-order chi connectivity index (χ0) is 24.1. The minimum absolute atomic E-state index is 0.0738. The number of aromatic nitrogens is 3. The van der Waals surface area contributed by atoms with Gasteiger partial charge in [0.05, 0.1) is 18.9 Å². The molecule has 2 fully saturated rings. The lowest BCUT2D eigenvalue weighted by atomic mass is 9.99. The predicted octanol–water partition coefficient (Wildman–Crippen LogP) is 3.99. The fourth-order valence-electron chi connectivity index (χ4n) is 4.83. The first-order valence-corrected chi connectivity index (χ1v) is 12.2. The summed E-state index contributed by atoms with van der Waals surface area (Å²) in [4.78, 5) is 32.8. The maximum absolute atomic E-state index is 13.5. The van der Waals surface area contributed by atoms with E-state index in [1.165, 1.54) is 0 Å². The Labute approximate surface area is 206 Å². The van der Waals surface area contributed by atoms with E-state index in [2.05, 4.69) is 31.3 Å². The Balaban J connectivity index is 1.50. The van der Waals surface area contributed by atoms with Crippen molar-refractivity contribution < 1.29 is 19.1 Å². The van der Waals surface area contributed by atoms with Crippen LogP contribution in [-0.2, 0) is 27.4 Å². The van der Waals surface area contributed by atoms with Gasteiger partial charge in [-0.2, -0.15) is 5.10 Å². The summed E-state index contributed by atoms with van der Waals surface area (Å²) in [5, 5.41) is 7.59. The maximum atomic E-state index is 13.5. The number of carbonyl (C=O) groups is 2. The minimum Gasteiger partial charge on any atom is -0.444 e. The second-order valence-electron chi connectivity index (χ2n) is 10.2. The lowest BCUT2D eigenvalue weighted by molar-refractivity contribution is -0.121. The summed E-state index contributed by atoms with van der Waals surface area (Å²) in [7, 11) is 0. The third-order valence-corrected chi connectivity index (χ3v) is 6.85. The molecule has 0 radical (unpaired) electrons. The molecule has 2 amide bonds. The lowest BCUT2D eigenvalue weighted by Crippen LogP contribution is -2.47. The van der Waals surface area contributed by atoms with Crippen LogP contribution in [0.1, 0.15) is 44.9 Å². The van der Waals surface area contributed by atoms with Gasteiger partial charge < -0.3 is 14.8 Å². The number of carbonyl (C=O) groups excluding carboxylic acids is 2. The van der Waals surface area contributed by atoms with Crippen LogP contribution in [0.5, 0.6) is 0 Å². The Hall–Kier alpha value is -2.72. The highest BCUT2D eigenvalue weighted by atomic mass is 79.9. The number of fused-ring (bicyclic) bond motifs is 4. The first kappa shape index (κ1) is 23.0. The summed E-state index contributed by atoms with van der Waals surface area (Å²) in [6.07, 6.45) is 6.66. The first-order valence-electron chi connectivity index (χ1n) is 11.4. The molecular weight excluding hydrogens is 502 g/mol. The molecule has 9 nitrogen and oxygen atoms in total. The zero-order valence-electron chi connectivity index (χ0n) is 19.5. The molecular formula is C24H28BrN5O4. The Morgan fingerprint density at radius 2 is 2.12 bits per heavy atom. The van der Waals surface area contributed by atoms with E-state index in [4.69, 9.17) is 9.47 Å². The van der Waals surface area contributed by atoms with Crippen LogP contribution in [0.4, 0.5) is 10.6 Å². The lowest BCUT2D eigenvalue weighted by Gasteiger charge is -2.29. The number of ether oxygens (including phenoxy) is 2. The molecule has 0 unspecified atom stereocenters. The van der Waals surface area contributed by atoms with Crippen LogP contribution in [0, 0.1) is 5.41 Å². The van der Waals surface area contributed by atoms with Crippen molar-refractivity contribution in [1.82, 2.24) is 19.7 Å². The van der Waals surface area contributed by atoms with Gasteiger partial charge in [0.1, 0.15) is 22.1 Å². The maximum Gasteiger partial charge on any atom is 0.411 e. The van der Waals surface area contributed by atoms with E-state index in [1.807, 2.05) is 62.0 Å². The fourth-order valence-corrected chi connectivity index (χ4v) is 5.14. The van der Waals surface area contributed by atoms with E-state index in [9.17, 15) is 9.59 Å². The van der Waals surface area contributed by atoms with E-state index in [0.717, 1.165) is 17.7 Å². The Kier molecular flexibility index (Phi) is 5.76. The molecule has 4 heterocycles. The van der Waals surface area contributed by atoms with Gasteiger partial charge in [0, 0.05) is 29.8 Å². The van der Waals surface area contributed by atoms with E-state index in [1.54, 1.807) is 4.90 Å². The molecule has 1 spiro atoms. The molecule has 5 rings (SSSR count). The minimum atomic E-state index is -0.661. The SMILES string of the molecule is CC(C)(C)OC(=O)N1[C@H]2C[C@]3(C[C@@H]13)Cn1ccc(n1)/C=C\COCc1ccc(Br)nc1NC2=O. The third kappa shape index (κ3) is 4.61. The van der Waals surface area contributed by atoms with E-state index in [-0.39, 0.29) is 24.0 Å². The summed E-state index contributed by atoms with van der Waals surface area (Å²) in [6, 6.07) is 4.88. The summed E-state index contributed by atoms with van der Waals surface area (Å²) in [6.45, 7) is 6.79. The van der Waals surface area contributed by atoms with Crippen LogP contribution in [0.15, 0.2) is 35.1 Å². The molecule has 2 aromatic heterocycles. The molecule has 1 aliphatic carbocycles. The number of anilines is 1. The van der Waals surface area contributed by atoms with Gasteiger partial charge in [0.2, 0.25) is 5.91 Å². The monoisotopic (exact) mass is 529 g/mol. The molecule has 4 bridgehead atoms. The molecule has 1 N–H and O–H groups in total. The Morgan fingerprint density at radius 3 is 2.91 bits per heavy atom. The van der Waals surface area contributed by atoms with Crippen LogP contribution in [0.25, 0.3) is 6.08 Å². The number of likely N-dealkylation sites (tertiary alicyclic amines) is 1. The number of hydrogen-bond donors (Lipinski definition) is 1. The van der Waals surface area contributed by atoms with Crippen molar-refractivity contribution in [2.75, 3.05) is 11.9 Å². The molecule has 3 aliphatic rings. The highest BCUT2D eigenvalue weighted by molar-refractivity contribution is 9.10. The average molecular weight is 530 g/mol. The third-order valence-electron chi connectivity index (χ3n) is 6.41. The second kappa shape index (κ2) is 8.49. The average Bonchev–Trinajstić information content (AvgIpc) is 3.09. The molecule has 0 aromatic carbocycles. The van der Waals surface area contributed by atoms with Gasteiger partial charge in [-0.1, -0.05) is 12.1 Å². The summed E-state index contributed by atoms with van der Waals surface area (Å²) in [5.74, 6) is 0.140. The number of pyridine rings is 1. The number of nitrogens with one attached hydrogen (secondary N) is 1. The summed E-state index contributed by atoms with van der Waals surface area (Å²) in [5.41, 5.74) is 0.724. The topological polar surface area (TPSA) is 98.6 Å². The number of rotatable bonds is 0. The van der Waals surface area contributed by atoms with Crippen molar-refractivity contribution >= 4 is 39.8 Å². The van der Waals surface area contributed by atoms with Gasteiger partial charge >= 0.3 is 6.09 Å². The number of piperidine rings is 1. The first-order chi connectivity index (χ1) is 16.1. The number of hydrogen-bond acceptors (Lipinski definition) is 6. The Morgan fingerprint density at radius 1 is 1.29 bits per heavy atom. The van der Waals surface area contributed by atoms with E-state index in [0.29, 0.717) is 30.0 Å². The number of amides is 2. The summed E-state index contributed by atoms with van der Waals surface area (Å²) >= 11 is 3.38. The highest BCUT2D eigenvalue weighted by Crippen LogP contribution is 2.60.